The number of aryl methyl sites for hydroxylation is 1. The van der Waals surface area contributed by atoms with E-state index in [0.717, 1.165) is 47.3 Å². The molecule has 2 unspecified atom stereocenters. The van der Waals surface area contributed by atoms with E-state index in [2.05, 4.69) is 46.8 Å². The van der Waals surface area contributed by atoms with Crippen LogP contribution in [0, 0.1) is 11.8 Å². The Morgan fingerprint density at radius 1 is 1.16 bits per heavy atom. The van der Waals surface area contributed by atoms with Crippen LogP contribution >= 0.6 is 11.3 Å². The first-order valence-corrected chi connectivity index (χ1v) is 19.2. The van der Waals surface area contributed by atoms with Crippen molar-refractivity contribution < 1.29 is 14.3 Å². The molecule has 3 aromatic heterocycles. The van der Waals surface area contributed by atoms with Gasteiger partial charge in [0.15, 0.2) is 11.2 Å². The van der Waals surface area contributed by atoms with Gasteiger partial charge in [0, 0.05) is 47.6 Å². The maximum Gasteiger partial charge on any atom is 0.255 e. The lowest BCUT2D eigenvalue weighted by Crippen LogP contribution is -2.43. The Hall–Kier alpha value is -4.31. The lowest BCUT2D eigenvalue weighted by atomic mass is 10.0. The van der Waals surface area contributed by atoms with Gasteiger partial charge < -0.3 is 15.4 Å². The molecule has 4 heterocycles. The Balaban J connectivity index is 1.42. The Labute approximate surface area is 261 Å². The molecule has 1 aliphatic heterocycles. The molecular formula is C32H35N7O3SSi. The molecule has 1 aliphatic carbocycles. The molecule has 0 radical (unpaired) electrons. The monoisotopic (exact) mass is 625 g/mol. The van der Waals surface area contributed by atoms with E-state index in [1.807, 2.05) is 29.1 Å². The number of ether oxygens (including phenoxy) is 1. The van der Waals surface area contributed by atoms with Crippen molar-refractivity contribution in [2.75, 3.05) is 17.7 Å². The molecular weight excluding hydrogens is 591 g/mol. The van der Waals surface area contributed by atoms with Crippen LogP contribution in [0.2, 0.25) is 19.6 Å². The number of nitrogen functional groups attached to an aromatic ring is 1. The first kappa shape index (κ1) is 29.7. The molecule has 0 saturated heterocycles. The molecule has 0 fully saturated rings. The second kappa shape index (κ2) is 12.0. The van der Waals surface area contributed by atoms with E-state index in [4.69, 9.17) is 15.6 Å². The number of nitrogens with zero attached hydrogens (tertiary/aromatic N) is 5. The van der Waals surface area contributed by atoms with Crippen LogP contribution in [0.25, 0.3) is 0 Å². The summed E-state index contributed by atoms with van der Waals surface area (Å²) in [5, 5.41) is 10.3. The summed E-state index contributed by atoms with van der Waals surface area (Å²) in [6.45, 7) is 9.46. The van der Waals surface area contributed by atoms with Crippen molar-refractivity contribution in [1.82, 2.24) is 24.6 Å². The van der Waals surface area contributed by atoms with Crippen molar-refractivity contribution in [3.8, 4) is 11.8 Å². The molecule has 2 aliphatic rings. The van der Waals surface area contributed by atoms with Crippen molar-refractivity contribution in [2.45, 2.75) is 64.3 Å². The molecule has 226 valence electrons. The number of anilines is 2. The van der Waals surface area contributed by atoms with Crippen molar-refractivity contribution in [2.24, 2.45) is 0 Å². The average Bonchev–Trinajstić information content (AvgIpc) is 3.78. The average molecular weight is 626 g/mol. The highest BCUT2D eigenvalue weighted by molar-refractivity contribution is 7.13. The number of benzene rings is 1. The number of aromatic nitrogens is 4. The number of hydrogen-bond acceptors (Lipinski definition) is 8. The van der Waals surface area contributed by atoms with Crippen LogP contribution in [0.3, 0.4) is 0 Å². The molecule has 0 spiro atoms. The van der Waals surface area contributed by atoms with Crippen LogP contribution < -0.4 is 11.1 Å². The van der Waals surface area contributed by atoms with E-state index in [1.54, 1.807) is 35.5 Å². The summed E-state index contributed by atoms with van der Waals surface area (Å²) in [6, 6.07) is 8.20. The van der Waals surface area contributed by atoms with E-state index in [-0.39, 0.29) is 24.2 Å². The number of pyridine rings is 1. The number of hydrogen-bond donors (Lipinski definition) is 2. The first-order valence-electron chi connectivity index (χ1n) is 14.7. The van der Waals surface area contributed by atoms with Crippen LogP contribution in [0.1, 0.15) is 69.2 Å². The SMILES string of the molecule is CCOC(n1nc2c(c1C(C(=O)Nc1nccs1)N1Cc3ccc(C#Cc4ccc(N)nc4)cc3C1=O)CCC2)[Si](C)(C)C. The predicted molar refractivity (Wildman–Crippen MR) is 173 cm³/mol. The Kier molecular flexibility index (Phi) is 8.11. The highest BCUT2D eigenvalue weighted by atomic mass is 32.1. The summed E-state index contributed by atoms with van der Waals surface area (Å²) in [6.07, 6.45) is 5.85. The van der Waals surface area contributed by atoms with E-state index in [1.165, 1.54) is 11.3 Å². The molecule has 44 heavy (non-hydrogen) atoms. The van der Waals surface area contributed by atoms with Crippen LogP contribution in [0.15, 0.2) is 48.1 Å². The minimum Gasteiger partial charge on any atom is -0.384 e. The minimum absolute atomic E-state index is 0.224. The predicted octanol–water partition coefficient (Wildman–Crippen LogP) is 4.95. The fourth-order valence-electron chi connectivity index (χ4n) is 5.86. The van der Waals surface area contributed by atoms with Gasteiger partial charge in [0.05, 0.1) is 11.4 Å². The molecule has 12 heteroatoms. The van der Waals surface area contributed by atoms with Gasteiger partial charge in [-0.2, -0.15) is 5.10 Å². The molecule has 4 aromatic rings. The number of amides is 2. The largest absolute Gasteiger partial charge is 0.384 e. The maximum atomic E-state index is 14.3. The molecule has 3 N–H and O–H groups in total. The van der Waals surface area contributed by atoms with Gasteiger partial charge in [-0.3, -0.25) is 14.9 Å². The van der Waals surface area contributed by atoms with Crippen LogP contribution in [0.5, 0.6) is 0 Å². The molecule has 10 nitrogen and oxygen atoms in total. The van der Waals surface area contributed by atoms with E-state index >= 15 is 0 Å². The highest BCUT2D eigenvalue weighted by Gasteiger charge is 2.44. The molecule has 1 aromatic carbocycles. The summed E-state index contributed by atoms with van der Waals surface area (Å²) in [4.78, 5) is 38.5. The number of carbonyl (C=O) groups is 2. The third kappa shape index (κ3) is 5.78. The lowest BCUT2D eigenvalue weighted by molar-refractivity contribution is -0.121. The van der Waals surface area contributed by atoms with Crippen molar-refractivity contribution >= 4 is 42.2 Å². The number of fused-ring (bicyclic) bond motifs is 2. The Bertz CT molecular complexity index is 1770. The zero-order valence-electron chi connectivity index (χ0n) is 25.3. The van der Waals surface area contributed by atoms with Crippen LogP contribution in [0.4, 0.5) is 10.9 Å². The summed E-state index contributed by atoms with van der Waals surface area (Å²) in [5.41, 5.74) is 11.2. The van der Waals surface area contributed by atoms with E-state index in [9.17, 15) is 9.59 Å². The minimum atomic E-state index is -1.98. The van der Waals surface area contributed by atoms with Gasteiger partial charge in [0.25, 0.3) is 11.8 Å². The second-order valence-electron chi connectivity index (χ2n) is 12.0. The summed E-state index contributed by atoms with van der Waals surface area (Å²) >= 11 is 1.34. The van der Waals surface area contributed by atoms with Gasteiger partial charge in [0.2, 0.25) is 0 Å². The number of thiazole rings is 1. The third-order valence-electron chi connectivity index (χ3n) is 7.82. The summed E-state index contributed by atoms with van der Waals surface area (Å²) in [7, 11) is -1.98. The summed E-state index contributed by atoms with van der Waals surface area (Å²) < 4.78 is 8.26. The number of carbonyl (C=O) groups excluding carboxylic acids is 2. The normalized spacial score (nSPS) is 15.4. The fraction of sp³-hybridized carbons (Fsp3) is 0.344. The molecule has 0 saturated carbocycles. The van der Waals surface area contributed by atoms with Gasteiger partial charge in [0.1, 0.15) is 19.7 Å². The summed E-state index contributed by atoms with van der Waals surface area (Å²) in [5.74, 6) is 5.80. The van der Waals surface area contributed by atoms with Gasteiger partial charge >= 0.3 is 0 Å². The zero-order chi connectivity index (χ0) is 31.0. The molecule has 2 amide bonds. The fourth-order valence-corrected chi connectivity index (χ4v) is 7.99. The zero-order valence-corrected chi connectivity index (χ0v) is 27.1. The number of nitrogens with one attached hydrogen (secondary N) is 1. The standard InChI is InChI=1S/C32H35N7O3SSi/c1-5-42-32(44(2,3)4)39-27(23-7-6-8-25(23)37-39)28(29(40)36-31-34-15-16-43-31)38-19-22-13-11-20(17-24(22)30(38)41)9-10-21-12-14-26(33)35-18-21/h11-18,28,32H,5-8,19H2,1-4H3,(H2,33,35)(H,34,36,40). The topological polar surface area (TPSA) is 128 Å². The quantitative estimate of drug-likeness (QED) is 0.209. The second-order valence-corrected chi connectivity index (χ2v) is 18.2. The van der Waals surface area contributed by atoms with Crippen LogP contribution in [-0.2, 0) is 28.9 Å². The molecule has 2 atom stereocenters. The van der Waals surface area contributed by atoms with E-state index < -0.39 is 14.1 Å². The molecule has 6 rings (SSSR count). The van der Waals surface area contributed by atoms with Crippen molar-refractivity contribution in [3.63, 3.8) is 0 Å². The number of nitrogens with two attached hydrogens (primary N) is 1. The first-order chi connectivity index (χ1) is 21.1. The Morgan fingerprint density at radius 3 is 2.66 bits per heavy atom. The van der Waals surface area contributed by atoms with Crippen molar-refractivity contribution in [1.29, 1.82) is 0 Å². The van der Waals surface area contributed by atoms with Gasteiger partial charge in [-0.25, -0.2) is 14.6 Å². The Morgan fingerprint density at radius 2 is 1.95 bits per heavy atom. The molecule has 0 bridgehead atoms. The van der Waals surface area contributed by atoms with Gasteiger partial charge in [-0.05, 0) is 61.6 Å². The van der Waals surface area contributed by atoms with Crippen LogP contribution in [-0.4, -0.2) is 51.1 Å². The van der Waals surface area contributed by atoms with E-state index in [0.29, 0.717) is 28.7 Å². The highest BCUT2D eigenvalue weighted by Crippen LogP contribution is 2.40. The number of rotatable bonds is 8. The van der Waals surface area contributed by atoms with Crippen molar-refractivity contribution in [3.05, 3.63) is 87.3 Å². The lowest BCUT2D eigenvalue weighted by Gasteiger charge is -2.34. The third-order valence-corrected chi connectivity index (χ3v) is 10.4. The van der Waals surface area contributed by atoms with Gasteiger partial charge in [-0.1, -0.05) is 37.5 Å². The smallest absolute Gasteiger partial charge is 0.255 e. The van der Waals surface area contributed by atoms with Gasteiger partial charge in [-0.15, -0.1) is 11.3 Å². The maximum absolute atomic E-state index is 14.3.